The maximum absolute atomic E-state index is 13.2. The van der Waals surface area contributed by atoms with Crippen molar-refractivity contribution in [3.8, 4) is 5.75 Å². The van der Waals surface area contributed by atoms with Crippen molar-refractivity contribution in [2.24, 2.45) is 5.10 Å². The number of hydrazone groups is 1. The Morgan fingerprint density at radius 1 is 0.931 bits per heavy atom. The molecule has 3 aromatic carbocycles. The highest BCUT2D eigenvalue weighted by Gasteiger charge is 2.33. The fraction of sp³-hybridized carbons (Fsp3) is 0.120. The van der Waals surface area contributed by atoms with E-state index in [1.54, 1.807) is 0 Å². The molecule has 3 aromatic rings. The largest absolute Gasteiger partial charge is 0.456 e. The number of aryl methyl sites for hydroxylation is 2. The third-order valence-corrected chi connectivity index (χ3v) is 5.40. The average Bonchev–Trinajstić information content (AvgIpc) is 3.01. The minimum atomic E-state index is -0.168. The molecule has 5 rings (SSSR count). The van der Waals surface area contributed by atoms with Crippen molar-refractivity contribution in [2.45, 2.75) is 20.8 Å². The Morgan fingerprint density at radius 3 is 2.59 bits per heavy atom. The van der Waals surface area contributed by atoms with Crippen LogP contribution in [-0.2, 0) is 4.79 Å². The molecule has 0 unspecified atom stereocenters. The van der Waals surface area contributed by atoms with Crippen molar-refractivity contribution in [2.75, 3.05) is 5.01 Å². The number of ether oxygens (including phenoxy) is 1. The lowest BCUT2D eigenvalue weighted by Crippen LogP contribution is -2.24. The zero-order valence-electron chi connectivity index (χ0n) is 16.6. The van der Waals surface area contributed by atoms with Gasteiger partial charge in [0.15, 0.2) is 0 Å². The summed E-state index contributed by atoms with van der Waals surface area (Å²) in [6.45, 7) is 5.87. The minimum Gasteiger partial charge on any atom is -0.456 e. The highest BCUT2D eigenvalue weighted by molar-refractivity contribution is 6.30. The number of nitrogens with zero attached hydrogens (tertiary/aromatic N) is 2. The van der Waals surface area contributed by atoms with Gasteiger partial charge in [-0.3, -0.25) is 4.79 Å². The van der Waals surface area contributed by atoms with E-state index in [4.69, 9.17) is 4.74 Å². The minimum absolute atomic E-state index is 0.168. The molecule has 0 saturated carbocycles. The van der Waals surface area contributed by atoms with Crippen LogP contribution in [0.15, 0.2) is 77.1 Å². The molecule has 29 heavy (non-hydrogen) atoms. The fourth-order valence-electron chi connectivity index (χ4n) is 3.98. The molecule has 142 valence electrons. The summed E-state index contributed by atoms with van der Waals surface area (Å²) in [6.07, 6.45) is 3.89. The summed E-state index contributed by atoms with van der Waals surface area (Å²) in [5.74, 6) is 1.11. The molecule has 0 radical (unpaired) electrons. The van der Waals surface area contributed by atoms with Gasteiger partial charge in [0.1, 0.15) is 17.1 Å². The van der Waals surface area contributed by atoms with E-state index in [0.29, 0.717) is 17.0 Å². The van der Waals surface area contributed by atoms with Crippen LogP contribution in [0.4, 0.5) is 5.69 Å². The van der Waals surface area contributed by atoms with Gasteiger partial charge in [-0.05, 0) is 61.4 Å². The Bertz CT molecular complexity index is 1280. The third kappa shape index (κ3) is 2.76. The Labute approximate surface area is 169 Å². The van der Waals surface area contributed by atoms with Crippen molar-refractivity contribution in [1.29, 1.82) is 0 Å². The number of anilines is 1. The normalized spacial score (nSPS) is 18.1. The summed E-state index contributed by atoms with van der Waals surface area (Å²) in [7, 11) is 0. The van der Waals surface area contributed by atoms with E-state index in [9.17, 15) is 4.79 Å². The average molecular weight is 380 g/mol. The lowest BCUT2D eigenvalue weighted by atomic mass is 10.0. The quantitative estimate of drug-likeness (QED) is 0.520. The van der Waals surface area contributed by atoms with Gasteiger partial charge in [-0.1, -0.05) is 48.0 Å². The third-order valence-electron chi connectivity index (χ3n) is 5.40. The van der Waals surface area contributed by atoms with Crippen LogP contribution in [0, 0.1) is 13.8 Å². The second kappa shape index (κ2) is 6.45. The number of amides is 1. The number of allylic oxidation sites excluding steroid dienone is 1. The standard InChI is InChI=1S/C25H20N2O2/c1-15-8-11-21(16(2)14-15)27-25(28)24(17(3)26-27)23-13-10-20-19-7-5-4-6-18(19)9-12-22(20)29-23/h4-14H,1-3H3/b24-23-. The molecule has 0 spiro atoms. The molecular weight excluding hydrogens is 360 g/mol. The van der Waals surface area contributed by atoms with Crippen LogP contribution in [-0.4, -0.2) is 11.6 Å². The molecule has 0 bridgehead atoms. The van der Waals surface area contributed by atoms with Crippen molar-refractivity contribution < 1.29 is 9.53 Å². The highest BCUT2D eigenvalue weighted by atomic mass is 16.5. The topological polar surface area (TPSA) is 41.9 Å². The maximum Gasteiger partial charge on any atom is 0.284 e. The molecule has 1 amide bonds. The lowest BCUT2D eigenvalue weighted by molar-refractivity contribution is -0.114. The number of carbonyl (C=O) groups is 1. The first-order valence-corrected chi connectivity index (χ1v) is 9.62. The first kappa shape index (κ1) is 17.4. The monoisotopic (exact) mass is 380 g/mol. The van der Waals surface area contributed by atoms with Crippen LogP contribution < -0.4 is 9.75 Å². The second-order valence-electron chi connectivity index (χ2n) is 7.47. The zero-order valence-corrected chi connectivity index (χ0v) is 16.6. The van der Waals surface area contributed by atoms with Crippen molar-refractivity contribution >= 4 is 34.2 Å². The number of carbonyl (C=O) groups excluding carboxylic acids is 1. The predicted octanol–water partition coefficient (Wildman–Crippen LogP) is 5.54. The van der Waals surface area contributed by atoms with Crippen LogP contribution in [0.5, 0.6) is 5.75 Å². The summed E-state index contributed by atoms with van der Waals surface area (Å²) in [6, 6.07) is 18.2. The molecule has 0 saturated heterocycles. The number of fused-ring (bicyclic) bond motifs is 3. The van der Waals surface area contributed by atoms with Gasteiger partial charge in [0.2, 0.25) is 0 Å². The molecule has 0 aliphatic carbocycles. The number of hydrogen-bond acceptors (Lipinski definition) is 3. The smallest absolute Gasteiger partial charge is 0.284 e. The molecule has 2 aliphatic rings. The van der Waals surface area contributed by atoms with Gasteiger partial charge in [-0.25, -0.2) is 0 Å². The Balaban J connectivity index is 1.56. The van der Waals surface area contributed by atoms with Gasteiger partial charge < -0.3 is 4.74 Å². The van der Waals surface area contributed by atoms with E-state index in [1.165, 1.54) is 5.01 Å². The Hall–Kier alpha value is -3.66. The van der Waals surface area contributed by atoms with Gasteiger partial charge in [0.25, 0.3) is 5.91 Å². The van der Waals surface area contributed by atoms with Crippen molar-refractivity contribution in [3.63, 3.8) is 0 Å². The fourth-order valence-corrected chi connectivity index (χ4v) is 3.98. The summed E-state index contributed by atoms with van der Waals surface area (Å²) >= 11 is 0. The van der Waals surface area contributed by atoms with Crippen molar-refractivity contribution in [3.05, 3.63) is 88.7 Å². The molecule has 0 N–H and O–H groups in total. The highest BCUT2D eigenvalue weighted by Crippen LogP contribution is 2.36. The number of rotatable bonds is 1. The van der Waals surface area contributed by atoms with Gasteiger partial charge in [-0.15, -0.1) is 0 Å². The molecule has 0 aromatic heterocycles. The van der Waals surface area contributed by atoms with Gasteiger partial charge in [0.05, 0.1) is 11.4 Å². The zero-order chi connectivity index (χ0) is 20.1. The van der Waals surface area contributed by atoms with Gasteiger partial charge >= 0.3 is 0 Å². The van der Waals surface area contributed by atoms with E-state index in [-0.39, 0.29) is 5.91 Å². The molecular formula is C25H20N2O2. The lowest BCUT2D eigenvalue weighted by Gasteiger charge is -2.19. The SMILES string of the molecule is CC1=NN(c2ccc(C)cc2C)C(=O)/C1=C1/C=Cc2c(ccc3ccccc23)O1. The Kier molecular flexibility index (Phi) is 3.88. The van der Waals surface area contributed by atoms with Gasteiger partial charge in [0, 0.05) is 5.56 Å². The Morgan fingerprint density at radius 2 is 1.76 bits per heavy atom. The maximum atomic E-state index is 13.2. The van der Waals surface area contributed by atoms with E-state index in [2.05, 4.69) is 23.3 Å². The number of hydrogen-bond donors (Lipinski definition) is 0. The summed E-state index contributed by atoms with van der Waals surface area (Å²) < 4.78 is 6.16. The van der Waals surface area contributed by atoms with E-state index >= 15 is 0 Å². The van der Waals surface area contributed by atoms with Crippen LogP contribution in [0.3, 0.4) is 0 Å². The van der Waals surface area contributed by atoms with Crippen LogP contribution in [0.1, 0.15) is 23.6 Å². The number of benzene rings is 3. The predicted molar refractivity (Wildman–Crippen MR) is 117 cm³/mol. The summed E-state index contributed by atoms with van der Waals surface area (Å²) in [5, 5.41) is 8.28. The summed E-state index contributed by atoms with van der Waals surface area (Å²) in [4.78, 5) is 13.2. The second-order valence-corrected chi connectivity index (χ2v) is 7.47. The molecule has 0 atom stereocenters. The van der Waals surface area contributed by atoms with E-state index < -0.39 is 0 Å². The van der Waals surface area contributed by atoms with Crippen LogP contribution >= 0.6 is 0 Å². The van der Waals surface area contributed by atoms with Gasteiger partial charge in [-0.2, -0.15) is 10.1 Å². The van der Waals surface area contributed by atoms with E-state index in [1.807, 2.05) is 69.3 Å². The van der Waals surface area contributed by atoms with Crippen LogP contribution in [0.2, 0.25) is 0 Å². The van der Waals surface area contributed by atoms with Crippen molar-refractivity contribution in [1.82, 2.24) is 0 Å². The van der Waals surface area contributed by atoms with Crippen LogP contribution in [0.25, 0.3) is 16.8 Å². The molecule has 4 heteroatoms. The molecule has 0 fully saturated rings. The molecule has 2 aliphatic heterocycles. The van der Waals surface area contributed by atoms with E-state index in [0.717, 1.165) is 38.9 Å². The molecule has 4 nitrogen and oxygen atoms in total. The first-order valence-electron chi connectivity index (χ1n) is 9.62. The molecule has 2 heterocycles. The first-order chi connectivity index (χ1) is 14.0. The summed E-state index contributed by atoms with van der Waals surface area (Å²) in [5.41, 5.74) is 5.14.